The van der Waals surface area contributed by atoms with Gasteiger partial charge in [-0.1, -0.05) is 0 Å². The summed E-state index contributed by atoms with van der Waals surface area (Å²) in [7, 11) is 0. The van der Waals surface area contributed by atoms with E-state index in [0.29, 0.717) is 10.2 Å². The molecule has 2 aromatic heterocycles. The summed E-state index contributed by atoms with van der Waals surface area (Å²) >= 11 is 3.23. The maximum atomic E-state index is 15.1. The molecule has 0 aliphatic heterocycles. The Bertz CT molecular complexity index is 921. The molecule has 2 heterocycles. The molecule has 130 valence electrons. The summed E-state index contributed by atoms with van der Waals surface area (Å²) < 4.78 is 40.7. The molecule has 4 N–H and O–H groups in total. The van der Waals surface area contributed by atoms with Crippen molar-refractivity contribution in [2.75, 3.05) is 17.3 Å². The van der Waals surface area contributed by atoms with E-state index in [2.05, 4.69) is 41.6 Å². The first-order chi connectivity index (χ1) is 12.0. The van der Waals surface area contributed by atoms with Crippen molar-refractivity contribution in [3.05, 3.63) is 40.9 Å². The van der Waals surface area contributed by atoms with Crippen LogP contribution in [-0.2, 0) is 0 Å². The summed E-state index contributed by atoms with van der Waals surface area (Å²) in [4.78, 5) is 12.0. The summed E-state index contributed by atoms with van der Waals surface area (Å²) in [5.41, 5.74) is 3.31. The monoisotopic (exact) mass is 412 g/mol. The third kappa shape index (κ3) is 3.64. The standard InChI is InChI=1S/C15H12BrF3N6/c16-10-5-7(3-4-21-10)8-1-2-9-12(13(8)19)14(22-6-11(17)18)24-15(23-9)25-20/h1-5,11H,6,20H2,(H2,22,23,24,25). The molecular weight excluding hydrogens is 401 g/mol. The molecule has 0 saturated carbocycles. The lowest BCUT2D eigenvalue weighted by molar-refractivity contribution is 0.163. The van der Waals surface area contributed by atoms with Gasteiger partial charge in [-0.05, 0) is 45.8 Å². The number of nitrogens with one attached hydrogen (secondary N) is 2. The minimum Gasteiger partial charge on any atom is -0.364 e. The SMILES string of the molecule is NNc1nc(NCC(F)F)c2c(F)c(-c3ccnc(Br)c3)ccc2n1. The molecule has 3 aromatic rings. The number of hydrogen-bond acceptors (Lipinski definition) is 6. The Morgan fingerprint density at radius 3 is 2.68 bits per heavy atom. The topological polar surface area (TPSA) is 88.8 Å². The first-order valence-corrected chi connectivity index (χ1v) is 7.89. The number of benzene rings is 1. The van der Waals surface area contributed by atoms with Gasteiger partial charge in [0, 0.05) is 11.8 Å². The molecule has 0 spiro atoms. The number of halogens is 4. The molecular formula is C15H12BrF3N6. The molecule has 0 fully saturated rings. The van der Waals surface area contributed by atoms with Gasteiger partial charge in [-0.2, -0.15) is 4.98 Å². The average molecular weight is 413 g/mol. The van der Waals surface area contributed by atoms with Crippen molar-refractivity contribution in [2.45, 2.75) is 6.43 Å². The third-order valence-electron chi connectivity index (χ3n) is 3.39. The minimum absolute atomic E-state index is 0.00471. The summed E-state index contributed by atoms with van der Waals surface area (Å²) in [5.74, 6) is 4.58. The highest BCUT2D eigenvalue weighted by atomic mass is 79.9. The van der Waals surface area contributed by atoms with E-state index < -0.39 is 18.8 Å². The molecule has 0 saturated heterocycles. The van der Waals surface area contributed by atoms with E-state index in [4.69, 9.17) is 5.84 Å². The summed E-state index contributed by atoms with van der Waals surface area (Å²) in [6.07, 6.45) is -1.10. The Morgan fingerprint density at radius 1 is 1.20 bits per heavy atom. The second-order valence-corrected chi connectivity index (χ2v) is 5.81. The lowest BCUT2D eigenvalue weighted by Crippen LogP contribution is -2.15. The van der Waals surface area contributed by atoms with Gasteiger partial charge in [0.25, 0.3) is 6.43 Å². The molecule has 6 nitrogen and oxygen atoms in total. The first-order valence-electron chi connectivity index (χ1n) is 7.10. The quantitative estimate of drug-likeness (QED) is 0.337. The fourth-order valence-corrected chi connectivity index (χ4v) is 2.71. The van der Waals surface area contributed by atoms with E-state index in [0.717, 1.165) is 0 Å². The Hall–Kier alpha value is -2.46. The number of anilines is 2. The number of nitrogen functional groups attached to an aromatic ring is 1. The molecule has 0 amide bonds. The molecule has 10 heteroatoms. The van der Waals surface area contributed by atoms with Crippen LogP contribution in [0.4, 0.5) is 24.9 Å². The van der Waals surface area contributed by atoms with Gasteiger partial charge in [0.15, 0.2) is 0 Å². The van der Waals surface area contributed by atoms with Crippen molar-refractivity contribution < 1.29 is 13.2 Å². The van der Waals surface area contributed by atoms with Crippen molar-refractivity contribution in [2.24, 2.45) is 5.84 Å². The van der Waals surface area contributed by atoms with Crippen LogP contribution in [0.1, 0.15) is 0 Å². The van der Waals surface area contributed by atoms with Crippen molar-refractivity contribution in [3.63, 3.8) is 0 Å². The van der Waals surface area contributed by atoms with Crippen LogP contribution >= 0.6 is 15.9 Å². The van der Waals surface area contributed by atoms with E-state index in [1.165, 1.54) is 6.20 Å². The molecule has 0 aliphatic rings. The van der Waals surface area contributed by atoms with Gasteiger partial charge < -0.3 is 5.32 Å². The van der Waals surface area contributed by atoms with Crippen LogP contribution in [0.25, 0.3) is 22.0 Å². The van der Waals surface area contributed by atoms with Crippen molar-refractivity contribution in [3.8, 4) is 11.1 Å². The molecule has 0 aliphatic carbocycles. The maximum Gasteiger partial charge on any atom is 0.255 e. The lowest BCUT2D eigenvalue weighted by atomic mass is 10.0. The zero-order chi connectivity index (χ0) is 18.0. The molecule has 0 bridgehead atoms. The number of nitrogens with zero attached hydrogens (tertiary/aromatic N) is 3. The van der Waals surface area contributed by atoms with Crippen LogP contribution in [-0.4, -0.2) is 27.9 Å². The number of alkyl halides is 2. The Morgan fingerprint density at radius 2 is 2.00 bits per heavy atom. The Kier molecular flexibility index (Phi) is 5.00. The highest BCUT2D eigenvalue weighted by Gasteiger charge is 2.17. The number of rotatable bonds is 5. The Labute approximate surface area is 148 Å². The summed E-state index contributed by atoms with van der Waals surface area (Å²) in [5, 5.41) is 2.44. The van der Waals surface area contributed by atoms with E-state index in [9.17, 15) is 8.78 Å². The number of nitrogens with two attached hydrogens (primary N) is 1. The third-order valence-corrected chi connectivity index (χ3v) is 3.82. The van der Waals surface area contributed by atoms with Gasteiger partial charge in [0.2, 0.25) is 5.95 Å². The van der Waals surface area contributed by atoms with Crippen LogP contribution in [0.3, 0.4) is 0 Å². The zero-order valence-electron chi connectivity index (χ0n) is 12.6. The van der Waals surface area contributed by atoms with E-state index in [-0.39, 0.29) is 28.2 Å². The number of aromatic nitrogens is 3. The lowest BCUT2D eigenvalue weighted by Gasteiger charge is -2.13. The Balaban J connectivity index is 2.20. The maximum absolute atomic E-state index is 15.1. The van der Waals surface area contributed by atoms with E-state index in [1.807, 2.05) is 0 Å². The van der Waals surface area contributed by atoms with E-state index >= 15 is 4.39 Å². The second-order valence-electron chi connectivity index (χ2n) is 5.00. The number of hydrazine groups is 1. The van der Waals surface area contributed by atoms with Gasteiger partial charge in [0.05, 0.1) is 17.4 Å². The van der Waals surface area contributed by atoms with Gasteiger partial charge in [-0.25, -0.2) is 29.0 Å². The van der Waals surface area contributed by atoms with Gasteiger partial charge in [-0.15, -0.1) is 0 Å². The smallest absolute Gasteiger partial charge is 0.255 e. The van der Waals surface area contributed by atoms with Crippen molar-refractivity contribution in [1.82, 2.24) is 15.0 Å². The molecule has 3 rings (SSSR count). The molecule has 1 aromatic carbocycles. The highest BCUT2D eigenvalue weighted by Crippen LogP contribution is 2.33. The molecule has 25 heavy (non-hydrogen) atoms. The number of fused-ring (bicyclic) bond motifs is 1. The second kappa shape index (κ2) is 7.19. The van der Waals surface area contributed by atoms with Crippen LogP contribution in [0.5, 0.6) is 0 Å². The van der Waals surface area contributed by atoms with Gasteiger partial charge >= 0.3 is 0 Å². The van der Waals surface area contributed by atoms with Crippen LogP contribution < -0.4 is 16.6 Å². The van der Waals surface area contributed by atoms with Crippen LogP contribution in [0.2, 0.25) is 0 Å². The van der Waals surface area contributed by atoms with Gasteiger partial charge in [0.1, 0.15) is 16.2 Å². The normalized spacial score (nSPS) is 11.1. The van der Waals surface area contributed by atoms with Crippen LogP contribution in [0.15, 0.2) is 35.1 Å². The first kappa shape index (κ1) is 17.4. The fraction of sp³-hybridized carbons (Fsp3) is 0.133. The largest absolute Gasteiger partial charge is 0.364 e. The minimum atomic E-state index is -2.62. The zero-order valence-corrected chi connectivity index (χ0v) is 14.2. The predicted molar refractivity (Wildman–Crippen MR) is 92.7 cm³/mol. The molecule has 0 radical (unpaired) electrons. The van der Waals surface area contributed by atoms with Crippen LogP contribution in [0, 0.1) is 5.82 Å². The molecule has 0 unspecified atom stereocenters. The van der Waals surface area contributed by atoms with Crippen molar-refractivity contribution >= 4 is 38.6 Å². The fourth-order valence-electron chi connectivity index (χ4n) is 2.34. The average Bonchev–Trinajstić information content (AvgIpc) is 2.59. The van der Waals surface area contributed by atoms with Gasteiger partial charge in [-0.3, -0.25) is 5.43 Å². The number of pyridine rings is 1. The summed E-state index contributed by atoms with van der Waals surface area (Å²) in [6.45, 7) is -0.680. The van der Waals surface area contributed by atoms with Crippen molar-refractivity contribution in [1.29, 1.82) is 0 Å². The molecule has 0 atom stereocenters. The predicted octanol–water partition coefficient (Wildman–Crippen LogP) is 3.56. The highest BCUT2D eigenvalue weighted by molar-refractivity contribution is 9.10. The number of hydrogen-bond donors (Lipinski definition) is 3. The van der Waals surface area contributed by atoms with E-state index in [1.54, 1.807) is 24.3 Å². The summed E-state index contributed by atoms with van der Waals surface area (Å²) in [6, 6.07) is 6.40.